The summed E-state index contributed by atoms with van der Waals surface area (Å²) >= 11 is 0. The van der Waals surface area contributed by atoms with E-state index in [4.69, 9.17) is 52.4 Å². The lowest BCUT2D eigenvalue weighted by Crippen LogP contribution is -2.35. The molecule has 0 rings (SSSR count). The van der Waals surface area contributed by atoms with Gasteiger partial charge in [-0.25, -0.2) is 24.8 Å². The molecule has 0 aliphatic heterocycles. The minimum Gasteiger partial charge on any atom is -0.480 e. The number of aliphatic carboxylic acids is 2. The Labute approximate surface area is 196 Å². The Kier molecular flexibility index (Phi) is 20.3. The molecule has 2 unspecified atom stereocenters. The smallest absolute Gasteiger partial charge is 0.466 e. The molecule has 15 N–H and O–H groups in total. The Hall–Kier alpha value is -3.69. The molecule has 0 spiro atoms. The SMILES string of the molecule is NC(=N[N+](=O)[O-])NCCCC(N)C(=O)O.NC(=N[N+](=O)[O-])NCCCC(N)C(=O)O.O=P(O)(O)O. The molecule has 0 saturated carbocycles. The van der Waals surface area contributed by atoms with Crippen molar-refractivity contribution >= 4 is 31.7 Å². The number of nitrogens with two attached hydrogens (primary N) is 4. The van der Waals surface area contributed by atoms with Crippen molar-refractivity contribution in [1.29, 1.82) is 0 Å². The third-order valence-corrected chi connectivity index (χ3v) is 3.01. The molecule has 0 aromatic heterocycles. The number of hydrogen-bond acceptors (Lipinski definition) is 9. The molecule has 0 aliphatic carbocycles. The van der Waals surface area contributed by atoms with Crippen molar-refractivity contribution in [1.82, 2.24) is 10.6 Å². The average molecular weight is 536 g/mol. The Balaban J connectivity index is -0.000000491. The Morgan fingerprint density at radius 1 is 0.829 bits per heavy atom. The lowest BCUT2D eigenvalue weighted by molar-refractivity contribution is -0.485. The molecule has 0 saturated heterocycles. The zero-order chi connectivity index (χ0) is 28.2. The topological polar surface area (TPSA) is 392 Å². The maximum atomic E-state index is 10.3. The summed E-state index contributed by atoms with van der Waals surface area (Å²) in [6, 6.07) is -1.86. The van der Waals surface area contributed by atoms with Gasteiger partial charge in [0.05, 0.1) is 0 Å². The molecular weight excluding hydrogens is 507 g/mol. The number of nitrogens with one attached hydrogen (secondary N) is 2. The Bertz CT molecular complexity index is 726. The van der Waals surface area contributed by atoms with Crippen molar-refractivity contribution in [3.63, 3.8) is 0 Å². The molecule has 0 amide bonds. The summed E-state index contributed by atoms with van der Waals surface area (Å²) in [5.74, 6) is -2.79. The van der Waals surface area contributed by atoms with Gasteiger partial charge in [-0.3, -0.25) is 9.59 Å². The second-order valence-corrected chi connectivity index (χ2v) is 7.01. The van der Waals surface area contributed by atoms with Crippen molar-refractivity contribution in [3.05, 3.63) is 20.2 Å². The molecule has 22 nitrogen and oxygen atoms in total. The van der Waals surface area contributed by atoms with Crippen LogP contribution in [0.4, 0.5) is 0 Å². The Morgan fingerprint density at radius 2 is 1.09 bits per heavy atom. The summed E-state index contributed by atoms with van der Waals surface area (Å²) in [5.41, 5.74) is 20.6. The number of guanidine groups is 2. The molecule has 0 radical (unpaired) electrons. The fraction of sp³-hybridized carbons (Fsp3) is 0.667. The quantitative estimate of drug-likeness (QED) is 0.0280. The van der Waals surface area contributed by atoms with E-state index in [2.05, 4.69) is 20.8 Å². The molecule has 35 heavy (non-hydrogen) atoms. The molecule has 0 aliphatic rings. The van der Waals surface area contributed by atoms with E-state index in [1.807, 2.05) is 0 Å². The Morgan fingerprint density at radius 3 is 1.29 bits per heavy atom. The van der Waals surface area contributed by atoms with Crippen molar-refractivity contribution in [2.45, 2.75) is 37.8 Å². The van der Waals surface area contributed by atoms with Crippen LogP contribution in [0.1, 0.15) is 25.7 Å². The van der Waals surface area contributed by atoms with Crippen molar-refractivity contribution in [3.8, 4) is 0 Å². The molecule has 0 bridgehead atoms. The van der Waals surface area contributed by atoms with Gasteiger partial charge in [0, 0.05) is 13.1 Å². The van der Waals surface area contributed by atoms with Crippen LogP contribution in [0.3, 0.4) is 0 Å². The number of hydrogen-bond donors (Lipinski definition) is 11. The van der Waals surface area contributed by atoms with E-state index in [1.165, 1.54) is 0 Å². The highest BCUT2D eigenvalue weighted by Gasteiger charge is 2.11. The fourth-order valence-electron chi connectivity index (χ4n) is 1.57. The molecule has 0 heterocycles. The number of rotatable bonds is 12. The summed E-state index contributed by atoms with van der Waals surface area (Å²) in [6.45, 7) is 0.564. The van der Waals surface area contributed by atoms with Crippen LogP contribution in [0, 0.1) is 20.2 Å². The molecule has 2 atom stereocenters. The first-order valence-electron chi connectivity index (χ1n) is 9.06. The number of carboxylic acid groups (broad SMARTS) is 2. The van der Waals surface area contributed by atoms with Crippen molar-refractivity contribution in [2.24, 2.45) is 33.1 Å². The standard InChI is InChI=1S/2C6H13N5O4.H3O4P/c2*7-4(5(12)13)2-1-3-9-6(8)10-11(14)15;1-5(2,3)4/h2*4H,1-3,7H2,(H,12,13)(H3,8,9,10);(H3,1,2,3,4). The number of nitrogens with zero attached hydrogens (tertiary/aromatic N) is 4. The van der Waals surface area contributed by atoms with Crippen molar-refractivity contribution < 1.29 is 49.1 Å². The second kappa shape index (κ2) is 19.7. The molecular formula is C12H29N10O12P. The van der Waals surface area contributed by atoms with Crippen LogP contribution in [0.25, 0.3) is 0 Å². The van der Waals surface area contributed by atoms with Crippen LogP contribution in [0.15, 0.2) is 10.2 Å². The maximum absolute atomic E-state index is 10.3. The average Bonchev–Trinajstić information content (AvgIpc) is 2.66. The van der Waals surface area contributed by atoms with Gasteiger partial charge in [0.2, 0.25) is 0 Å². The molecule has 0 fully saturated rings. The predicted molar refractivity (Wildman–Crippen MR) is 117 cm³/mol. The van der Waals surface area contributed by atoms with E-state index >= 15 is 0 Å². The van der Waals surface area contributed by atoms with Crippen LogP contribution in [0.5, 0.6) is 0 Å². The third-order valence-electron chi connectivity index (χ3n) is 3.01. The highest BCUT2D eigenvalue weighted by molar-refractivity contribution is 7.45. The maximum Gasteiger partial charge on any atom is 0.466 e. The monoisotopic (exact) mass is 536 g/mol. The number of phosphoric acid groups is 1. The first-order valence-corrected chi connectivity index (χ1v) is 10.6. The summed E-state index contributed by atoms with van der Waals surface area (Å²) in [6.07, 6.45) is 1.38. The van der Waals surface area contributed by atoms with Gasteiger partial charge in [-0.2, -0.15) is 0 Å². The first kappa shape index (κ1) is 35.9. The van der Waals surface area contributed by atoms with E-state index in [0.29, 0.717) is 12.8 Å². The lowest BCUT2D eigenvalue weighted by atomic mass is 10.2. The predicted octanol–water partition coefficient (Wildman–Crippen LogP) is -4.38. The highest BCUT2D eigenvalue weighted by atomic mass is 31.2. The van der Waals surface area contributed by atoms with Crippen LogP contribution >= 0.6 is 7.82 Å². The third kappa shape index (κ3) is 35.1. The van der Waals surface area contributed by atoms with Gasteiger partial charge in [-0.1, -0.05) is 0 Å². The van der Waals surface area contributed by atoms with Gasteiger partial charge in [0.15, 0.2) is 10.1 Å². The number of nitro groups is 2. The summed E-state index contributed by atoms with van der Waals surface area (Å²) in [4.78, 5) is 61.8. The van der Waals surface area contributed by atoms with E-state index in [0.717, 1.165) is 0 Å². The van der Waals surface area contributed by atoms with Gasteiger partial charge in [0.25, 0.3) is 11.9 Å². The number of carboxylic acids is 2. The zero-order valence-corrected chi connectivity index (χ0v) is 18.9. The summed E-state index contributed by atoms with van der Waals surface area (Å²) in [5, 5.41) is 45.1. The normalized spacial score (nSPS) is 13.1. The van der Waals surface area contributed by atoms with Crippen LogP contribution in [-0.2, 0) is 14.2 Å². The largest absolute Gasteiger partial charge is 0.480 e. The first-order chi connectivity index (χ1) is 15.9. The molecule has 23 heteroatoms. The lowest BCUT2D eigenvalue weighted by Gasteiger charge is -2.06. The van der Waals surface area contributed by atoms with Crippen LogP contribution in [0.2, 0.25) is 0 Å². The van der Waals surface area contributed by atoms with Gasteiger partial charge >= 0.3 is 19.8 Å². The summed E-state index contributed by atoms with van der Waals surface area (Å²) < 4.78 is 8.88. The van der Waals surface area contributed by atoms with Gasteiger partial charge < -0.3 is 58.5 Å². The minimum atomic E-state index is -4.64. The van der Waals surface area contributed by atoms with E-state index in [1.54, 1.807) is 0 Å². The van der Waals surface area contributed by atoms with Gasteiger partial charge in [-0.05, 0) is 25.7 Å². The van der Waals surface area contributed by atoms with Gasteiger partial charge in [0.1, 0.15) is 22.3 Å². The second-order valence-electron chi connectivity index (χ2n) is 5.99. The molecule has 0 aromatic carbocycles. The van der Waals surface area contributed by atoms with Crippen LogP contribution < -0.4 is 33.6 Å². The van der Waals surface area contributed by atoms with E-state index in [-0.39, 0.29) is 37.9 Å². The summed E-state index contributed by atoms with van der Waals surface area (Å²) in [7, 11) is -4.64. The fourth-order valence-corrected chi connectivity index (χ4v) is 1.57. The highest BCUT2D eigenvalue weighted by Crippen LogP contribution is 2.25. The van der Waals surface area contributed by atoms with Gasteiger partial charge in [-0.15, -0.1) is 0 Å². The minimum absolute atomic E-state index is 0.258. The zero-order valence-electron chi connectivity index (χ0n) is 18.0. The van der Waals surface area contributed by atoms with E-state index < -0.39 is 41.9 Å². The number of carbonyl (C=O) groups is 2. The molecule has 0 aromatic rings. The van der Waals surface area contributed by atoms with E-state index in [9.17, 15) is 29.8 Å². The number of hydrazone groups is 2. The van der Waals surface area contributed by atoms with Crippen LogP contribution in [-0.4, -0.2) is 84.0 Å². The molecule has 204 valence electrons. The van der Waals surface area contributed by atoms with Crippen molar-refractivity contribution in [2.75, 3.05) is 13.1 Å².